The summed E-state index contributed by atoms with van der Waals surface area (Å²) in [5.74, 6) is 1.03. The second kappa shape index (κ2) is 9.11. The molecule has 0 saturated carbocycles. The molecular weight excluding hydrogens is 300 g/mol. The van der Waals surface area contributed by atoms with Crippen molar-refractivity contribution in [1.82, 2.24) is 0 Å². The maximum Gasteiger partial charge on any atom is 0.519 e. The van der Waals surface area contributed by atoms with E-state index in [2.05, 4.69) is 6.92 Å². The van der Waals surface area contributed by atoms with E-state index in [1.54, 1.807) is 6.07 Å². The highest BCUT2D eigenvalue weighted by Crippen LogP contribution is 2.20. The molecule has 0 aliphatic heterocycles. The Morgan fingerprint density at radius 2 is 1.67 bits per heavy atom. The van der Waals surface area contributed by atoms with Gasteiger partial charge in [-0.15, -0.1) is 0 Å². The second-order valence-corrected chi connectivity index (χ2v) is 6.18. The third-order valence-corrected chi connectivity index (χ3v) is 3.97. The molecule has 3 heteroatoms. The Bertz CT molecular complexity index is 659. The van der Waals surface area contributed by atoms with Crippen molar-refractivity contribution in [2.24, 2.45) is 0 Å². The molecule has 24 heavy (non-hydrogen) atoms. The van der Waals surface area contributed by atoms with Gasteiger partial charge < -0.3 is 9.47 Å². The van der Waals surface area contributed by atoms with E-state index in [0.717, 1.165) is 17.5 Å². The van der Waals surface area contributed by atoms with E-state index in [-0.39, 0.29) is 0 Å². The largest absolute Gasteiger partial charge is 0.519 e. The molecule has 0 amide bonds. The highest BCUT2D eigenvalue weighted by Gasteiger charge is 2.10. The molecular formula is C21H26O3. The molecule has 2 aromatic rings. The first-order valence-corrected chi connectivity index (χ1v) is 8.64. The number of ether oxygens (including phenoxy) is 2. The second-order valence-electron chi connectivity index (χ2n) is 6.18. The summed E-state index contributed by atoms with van der Waals surface area (Å²) in [6, 6.07) is 13.3. The van der Waals surface area contributed by atoms with E-state index < -0.39 is 6.16 Å². The van der Waals surface area contributed by atoms with Crippen LogP contribution in [0.4, 0.5) is 4.79 Å². The van der Waals surface area contributed by atoms with Crippen LogP contribution in [0.1, 0.15) is 49.3 Å². The number of benzene rings is 2. The lowest BCUT2D eigenvalue weighted by molar-refractivity contribution is 0.151. The SMILES string of the molecule is CCCCCCc1ccc(OC(=O)Oc2ccc(C)cc2C)cc1. The van der Waals surface area contributed by atoms with Gasteiger partial charge in [-0.1, -0.05) is 56.0 Å². The Labute approximate surface area is 144 Å². The van der Waals surface area contributed by atoms with E-state index >= 15 is 0 Å². The van der Waals surface area contributed by atoms with Gasteiger partial charge in [-0.05, 0) is 56.0 Å². The molecule has 0 aliphatic rings. The number of carbonyl (C=O) groups excluding carboxylic acids is 1. The summed E-state index contributed by atoms with van der Waals surface area (Å²) in [5, 5.41) is 0. The molecule has 0 atom stereocenters. The fourth-order valence-corrected chi connectivity index (χ4v) is 2.60. The van der Waals surface area contributed by atoms with Crippen molar-refractivity contribution < 1.29 is 14.3 Å². The molecule has 0 aliphatic carbocycles. The van der Waals surface area contributed by atoms with Crippen LogP contribution in [0.3, 0.4) is 0 Å². The standard InChI is InChI=1S/C21H26O3/c1-4-5-6-7-8-18-10-12-19(13-11-18)23-21(22)24-20-14-9-16(2)15-17(20)3/h9-15H,4-8H2,1-3H3. The lowest BCUT2D eigenvalue weighted by atomic mass is 10.1. The maximum atomic E-state index is 11.9. The topological polar surface area (TPSA) is 35.5 Å². The third kappa shape index (κ3) is 5.73. The van der Waals surface area contributed by atoms with Crippen LogP contribution in [0.25, 0.3) is 0 Å². The van der Waals surface area contributed by atoms with Gasteiger partial charge in [-0.25, -0.2) is 4.79 Å². The molecule has 0 fully saturated rings. The summed E-state index contributed by atoms with van der Waals surface area (Å²) >= 11 is 0. The van der Waals surface area contributed by atoms with Gasteiger partial charge in [0.2, 0.25) is 0 Å². The Hall–Kier alpha value is -2.29. The maximum absolute atomic E-state index is 11.9. The first-order chi connectivity index (χ1) is 11.6. The van der Waals surface area contributed by atoms with Gasteiger partial charge in [0.05, 0.1) is 0 Å². The van der Waals surface area contributed by atoms with E-state index in [4.69, 9.17) is 9.47 Å². The van der Waals surface area contributed by atoms with Crippen molar-refractivity contribution in [3.8, 4) is 11.5 Å². The van der Waals surface area contributed by atoms with Crippen molar-refractivity contribution in [2.45, 2.75) is 52.9 Å². The molecule has 0 bridgehead atoms. The van der Waals surface area contributed by atoms with Crippen LogP contribution < -0.4 is 9.47 Å². The fourth-order valence-electron chi connectivity index (χ4n) is 2.60. The van der Waals surface area contributed by atoms with Gasteiger partial charge in [0.25, 0.3) is 0 Å². The van der Waals surface area contributed by atoms with E-state index in [1.165, 1.54) is 31.2 Å². The Morgan fingerprint density at radius 3 is 2.33 bits per heavy atom. The molecule has 0 radical (unpaired) electrons. The zero-order chi connectivity index (χ0) is 17.4. The summed E-state index contributed by atoms with van der Waals surface area (Å²) in [7, 11) is 0. The summed E-state index contributed by atoms with van der Waals surface area (Å²) in [6.07, 6.45) is 5.34. The minimum Gasteiger partial charge on any atom is -0.395 e. The molecule has 2 aromatic carbocycles. The van der Waals surface area contributed by atoms with Gasteiger partial charge in [0.15, 0.2) is 0 Å². The Balaban J connectivity index is 1.85. The molecule has 0 aromatic heterocycles. The Morgan fingerprint density at radius 1 is 0.917 bits per heavy atom. The van der Waals surface area contributed by atoms with Gasteiger partial charge in [-0.2, -0.15) is 0 Å². The fraction of sp³-hybridized carbons (Fsp3) is 0.381. The smallest absolute Gasteiger partial charge is 0.395 e. The van der Waals surface area contributed by atoms with Crippen molar-refractivity contribution in [3.63, 3.8) is 0 Å². The highest BCUT2D eigenvalue weighted by atomic mass is 16.7. The Kier molecular flexibility index (Phi) is 6.86. The van der Waals surface area contributed by atoms with Crippen molar-refractivity contribution in [1.29, 1.82) is 0 Å². The van der Waals surface area contributed by atoms with E-state index in [1.807, 2.05) is 50.2 Å². The van der Waals surface area contributed by atoms with Gasteiger partial charge in [0.1, 0.15) is 11.5 Å². The van der Waals surface area contributed by atoms with Crippen LogP contribution in [0.5, 0.6) is 11.5 Å². The zero-order valence-corrected chi connectivity index (χ0v) is 14.8. The number of unbranched alkanes of at least 4 members (excludes halogenated alkanes) is 3. The van der Waals surface area contributed by atoms with Gasteiger partial charge in [0, 0.05) is 0 Å². The van der Waals surface area contributed by atoms with Crippen LogP contribution in [-0.4, -0.2) is 6.16 Å². The number of rotatable bonds is 7. The lowest BCUT2D eigenvalue weighted by Crippen LogP contribution is -2.14. The van der Waals surface area contributed by atoms with Crippen LogP contribution in [0.15, 0.2) is 42.5 Å². The van der Waals surface area contributed by atoms with Crippen LogP contribution in [-0.2, 0) is 6.42 Å². The molecule has 0 heterocycles. The number of hydrogen-bond donors (Lipinski definition) is 0. The molecule has 2 rings (SSSR count). The molecule has 0 spiro atoms. The summed E-state index contributed by atoms with van der Waals surface area (Å²) < 4.78 is 10.5. The van der Waals surface area contributed by atoms with Crippen molar-refractivity contribution in [2.75, 3.05) is 0 Å². The third-order valence-electron chi connectivity index (χ3n) is 3.97. The lowest BCUT2D eigenvalue weighted by Gasteiger charge is -2.09. The monoisotopic (exact) mass is 326 g/mol. The number of hydrogen-bond acceptors (Lipinski definition) is 3. The summed E-state index contributed by atoms with van der Waals surface area (Å²) in [4.78, 5) is 11.9. The average molecular weight is 326 g/mol. The van der Waals surface area contributed by atoms with Gasteiger partial charge >= 0.3 is 6.16 Å². The van der Waals surface area contributed by atoms with Crippen molar-refractivity contribution in [3.05, 3.63) is 59.2 Å². The molecule has 0 unspecified atom stereocenters. The molecule has 0 saturated heterocycles. The van der Waals surface area contributed by atoms with E-state index in [0.29, 0.717) is 11.5 Å². The number of aryl methyl sites for hydroxylation is 3. The molecule has 0 N–H and O–H groups in total. The quantitative estimate of drug-likeness (QED) is 0.355. The first kappa shape index (κ1) is 18.1. The number of carbonyl (C=O) groups is 1. The zero-order valence-electron chi connectivity index (χ0n) is 14.8. The molecule has 3 nitrogen and oxygen atoms in total. The van der Waals surface area contributed by atoms with Crippen LogP contribution in [0.2, 0.25) is 0 Å². The van der Waals surface area contributed by atoms with Crippen LogP contribution >= 0.6 is 0 Å². The normalized spacial score (nSPS) is 10.5. The molecule has 128 valence electrons. The van der Waals surface area contributed by atoms with Crippen LogP contribution in [0, 0.1) is 13.8 Å². The average Bonchev–Trinajstić information content (AvgIpc) is 2.56. The van der Waals surface area contributed by atoms with Crippen molar-refractivity contribution >= 4 is 6.16 Å². The first-order valence-electron chi connectivity index (χ1n) is 8.64. The predicted octanol–water partition coefficient (Wildman–Crippen LogP) is 6.00. The summed E-state index contributed by atoms with van der Waals surface area (Å²) in [6.45, 7) is 6.12. The minimum atomic E-state index is -0.711. The predicted molar refractivity (Wildman–Crippen MR) is 96.9 cm³/mol. The van der Waals surface area contributed by atoms with Gasteiger partial charge in [-0.3, -0.25) is 0 Å². The highest BCUT2D eigenvalue weighted by molar-refractivity contribution is 5.67. The van der Waals surface area contributed by atoms with E-state index in [9.17, 15) is 4.79 Å². The minimum absolute atomic E-state index is 0.502. The summed E-state index contributed by atoms with van der Waals surface area (Å²) in [5.41, 5.74) is 3.30.